The molecule has 1 aliphatic carbocycles. The van der Waals surface area contributed by atoms with Gasteiger partial charge in [-0.1, -0.05) is 29.8 Å². The number of carbonyl (C=O) groups excluding carboxylic acids is 1. The normalized spacial score (nSPS) is 14.0. The van der Waals surface area contributed by atoms with Gasteiger partial charge < -0.3 is 10.6 Å². The molecule has 1 fully saturated rings. The maximum Gasteiger partial charge on any atom is 0.241 e. The molecule has 2 aromatic rings. The van der Waals surface area contributed by atoms with Crippen LogP contribution < -0.4 is 10.6 Å². The first-order valence-electron chi connectivity index (χ1n) is 7.30. The number of nitrogens with one attached hydrogen (secondary N) is 2. The fourth-order valence-corrected chi connectivity index (χ4v) is 2.10. The molecule has 5 nitrogen and oxygen atoms in total. The zero-order chi connectivity index (χ0) is 14.7. The monoisotopic (exact) mass is 284 g/mol. The Morgan fingerprint density at radius 2 is 2.10 bits per heavy atom. The first-order chi connectivity index (χ1) is 10.2. The second-order valence-electron chi connectivity index (χ2n) is 5.61. The summed E-state index contributed by atoms with van der Waals surface area (Å²) in [6, 6.07) is 8.81. The van der Waals surface area contributed by atoms with Crippen molar-refractivity contribution < 1.29 is 4.79 Å². The summed E-state index contributed by atoms with van der Waals surface area (Å²) in [6.07, 6.45) is 5.82. The van der Waals surface area contributed by atoms with Gasteiger partial charge in [-0.05, 0) is 25.3 Å². The first kappa shape index (κ1) is 13.7. The van der Waals surface area contributed by atoms with Gasteiger partial charge in [-0.25, -0.2) is 0 Å². The molecular formula is C16H20N4O. The molecule has 110 valence electrons. The van der Waals surface area contributed by atoms with Gasteiger partial charge in [0.05, 0.1) is 11.9 Å². The van der Waals surface area contributed by atoms with Crippen LogP contribution >= 0.6 is 0 Å². The van der Waals surface area contributed by atoms with Crippen molar-refractivity contribution in [1.29, 1.82) is 0 Å². The second-order valence-corrected chi connectivity index (χ2v) is 5.61. The lowest BCUT2D eigenvalue weighted by molar-refractivity contribution is -0.122. The summed E-state index contributed by atoms with van der Waals surface area (Å²) in [5.41, 5.74) is 3.41. The summed E-state index contributed by atoms with van der Waals surface area (Å²) in [7, 11) is 0. The number of aryl methyl sites for hydroxylation is 1. The summed E-state index contributed by atoms with van der Waals surface area (Å²) in [5.74, 6) is 0.0330. The smallest absolute Gasteiger partial charge is 0.241 e. The number of amides is 1. The molecule has 0 spiro atoms. The highest BCUT2D eigenvalue weighted by Crippen LogP contribution is 2.18. The van der Waals surface area contributed by atoms with Crippen molar-refractivity contribution in [3.05, 3.63) is 47.8 Å². The van der Waals surface area contributed by atoms with Gasteiger partial charge in [0.15, 0.2) is 0 Å². The Morgan fingerprint density at radius 1 is 1.33 bits per heavy atom. The van der Waals surface area contributed by atoms with Crippen molar-refractivity contribution in [2.75, 3.05) is 5.32 Å². The lowest BCUT2D eigenvalue weighted by Crippen LogP contribution is -2.29. The average molecular weight is 284 g/mol. The molecule has 1 heterocycles. The van der Waals surface area contributed by atoms with E-state index >= 15 is 0 Å². The quantitative estimate of drug-likeness (QED) is 0.854. The summed E-state index contributed by atoms with van der Waals surface area (Å²) < 4.78 is 1.66. The minimum Gasteiger partial charge on any atom is -0.378 e. The van der Waals surface area contributed by atoms with Crippen molar-refractivity contribution in [3.63, 3.8) is 0 Å². The fraction of sp³-hybridized carbons (Fsp3) is 0.375. The van der Waals surface area contributed by atoms with E-state index in [0.29, 0.717) is 6.04 Å². The molecule has 3 rings (SSSR count). The van der Waals surface area contributed by atoms with Crippen LogP contribution in [-0.2, 0) is 17.9 Å². The number of anilines is 1. The van der Waals surface area contributed by atoms with E-state index in [0.717, 1.165) is 25.1 Å². The van der Waals surface area contributed by atoms with E-state index in [1.807, 2.05) is 6.20 Å². The zero-order valence-corrected chi connectivity index (χ0v) is 12.2. The SMILES string of the molecule is Cc1ccc(CNc2cnn(CC(=O)NC3CC3)c2)cc1. The number of aromatic nitrogens is 2. The Balaban J connectivity index is 1.49. The highest BCUT2D eigenvalue weighted by atomic mass is 16.2. The molecule has 1 aliphatic rings. The summed E-state index contributed by atoms with van der Waals surface area (Å²) >= 11 is 0. The summed E-state index contributed by atoms with van der Waals surface area (Å²) in [6.45, 7) is 3.11. The lowest BCUT2D eigenvalue weighted by Gasteiger charge is -2.04. The van der Waals surface area contributed by atoms with E-state index in [4.69, 9.17) is 0 Å². The number of rotatable bonds is 6. The molecule has 1 amide bonds. The molecule has 5 heteroatoms. The van der Waals surface area contributed by atoms with Gasteiger partial charge in [0, 0.05) is 18.8 Å². The predicted molar refractivity (Wildman–Crippen MR) is 81.9 cm³/mol. The lowest BCUT2D eigenvalue weighted by atomic mass is 10.1. The third kappa shape index (κ3) is 4.08. The first-order valence-corrected chi connectivity index (χ1v) is 7.30. The Morgan fingerprint density at radius 3 is 2.81 bits per heavy atom. The van der Waals surface area contributed by atoms with Crippen LogP contribution in [0.5, 0.6) is 0 Å². The van der Waals surface area contributed by atoms with Crippen LogP contribution in [0.25, 0.3) is 0 Å². The molecule has 0 aliphatic heterocycles. The van der Waals surface area contributed by atoms with Gasteiger partial charge in [-0.15, -0.1) is 0 Å². The minimum atomic E-state index is 0.0330. The molecule has 0 bridgehead atoms. The van der Waals surface area contributed by atoms with Crippen LogP contribution in [-0.4, -0.2) is 21.7 Å². The molecule has 0 unspecified atom stereocenters. The van der Waals surface area contributed by atoms with E-state index in [9.17, 15) is 4.79 Å². The third-order valence-electron chi connectivity index (χ3n) is 3.50. The van der Waals surface area contributed by atoms with E-state index in [-0.39, 0.29) is 12.5 Å². The van der Waals surface area contributed by atoms with Crippen molar-refractivity contribution in [1.82, 2.24) is 15.1 Å². The Bertz CT molecular complexity index is 613. The topological polar surface area (TPSA) is 59.0 Å². The Hall–Kier alpha value is -2.30. The maximum absolute atomic E-state index is 11.7. The number of hydrogen-bond acceptors (Lipinski definition) is 3. The molecule has 0 atom stereocenters. The standard InChI is InChI=1S/C16H20N4O/c1-12-2-4-13(5-3-12)8-17-15-9-18-20(10-15)11-16(21)19-14-6-7-14/h2-5,9-10,14,17H,6-8,11H2,1H3,(H,19,21). The molecule has 1 aromatic heterocycles. The highest BCUT2D eigenvalue weighted by molar-refractivity contribution is 5.76. The third-order valence-corrected chi connectivity index (χ3v) is 3.50. The van der Waals surface area contributed by atoms with Gasteiger partial charge in [0.25, 0.3) is 0 Å². The van der Waals surface area contributed by atoms with E-state index in [2.05, 4.69) is 46.9 Å². The Kier molecular flexibility index (Phi) is 3.90. The molecular weight excluding hydrogens is 264 g/mol. The highest BCUT2D eigenvalue weighted by Gasteiger charge is 2.23. The second kappa shape index (κ2) is 5.99. The van der Waals surface area contributed by atoms with Crippen molar-refractivity contribution in [2.24, 2.45) is 0 Å². The van der Waals surface area contributed by atoms with Crippen molar-refractivity contribution >= 4 is 11.6 Å². The molecule has 0 saturated heterocycles. The molecule has 1 aromatic carbocycles. The zero-order valence-electron chi connectivity index (χ0n) is 12.2. The van der Waals surface area contributed by atoms with Gasteiger partial charge in [0.1, 0.15) is 6.54 Å². The van der Waals surface area contributed by atoms with E-state index in [1.165, 1.54) is 11.1 Å². The van der Waals surface area contributed by atoms with Crippen LogP contribution in [0.3, 0.4) is 0 Å². The van der Waals surface area contributed by atoms with Gasteiger partial charge in [-0.2, -0.15) is 5.10 Å². The number of carbonyl (C=O) groups is 1. The largest absolute Gasteiger partial charge is 0.378 e. The van der Waals surface area contributed by atoms with Crippen LogP contribution in [0.15, 0.2) is 36.7 Å². The predicted octanol–water partition coefficient (Wildman–Crippen LogP) is 2.08. The molecule has 21 heavy (non-hydrogen) atoms. The maximum atomic E-state index is 11.7. The number of hydrogen-bond donors (Lipinski definition) is 2. The fourth-order valence-electron chi connectivity index (χ4n) is 2.10. The van der Waals surface area contributed by atoms with Crippen LogP contribution in [0, 0.1) is 6.92 Å². The van der Waals surface area contributed by atoms with E-state index in [1.54, 1.807) is 10.9 Å². The summed E-state index contributed by atoms with van der Waals surface area (Å²) in [4.78, 5) is 11.7. The van der Waals surface area contributed by atoms with E-state index < -0.39 is 0 Å². The molecule has 2 N–H and O–H groups in total. The number of nitrogens with zero attached hydrogens (tertiary/aromatic N) is 2. The van der Waals surface area contributed by atoms with Gasteiger partial charge in [-0.3, -0.25) is 9.48 Å². The number of benzene rings is 1. The minimum absolute atomic E-state index is 0.0330. The molecule has 1 saturated carbocycles. The van der Waals surface area contributed by atoms with Crippen molar-refractivity contribution in [2.45, 2.75) is 38.9 Å². The Labute approximate surface area is 124 Å². The summed E-state index contributed by atoms with van der Waals surface area (Å²) in [5, 5.41) is 10.5. The van der Waals surface area contributed by atoms with Crippen LogP contribution in [0.1, 0.15) is 24.0 Å². The van der Waals surface area contributed by atoms with Crippen LogP contribution in [0.2, 0.25) is 0 Å². The average Bonchev–Trinajstić information content (AvgIpc) is 3.16. The van der Waals surface area contributed by atoms with Crippen LogP contribution in [0.4, 0.5) is 5.69 Å². The van der Waals surface area contributed by atoms with Gasteiger partial charge >= 0.3 is 0 Å². The van der Waals surface area contributed by atoms with Crippen molar-refractivity contribution in [3.8, 4) is 0 Å². The molecule has 0 radical (unpaired) electrons. The van der Waals surface area contributed by atoms with Gasteiger partial charge in [0.2, 0.25) is 5.91 Å².